The van der Waals surface area contributed by atoms with Crippen LogP contribution in [0.15, 0.2) is 10.5 Å². The van der Waals surface area contributed by atoms with Crippen LogP contribution in [0.2, 0.25) is 0 Å². The summed E-state index contributed by atoms with van der Waals surface area (Å²) >= 11 is 3.34. The fraction of sp³-hybridized carbons (Fsp3) is 0.588. The van der Waals surface area contributed by atoms with E-state index in [4.69, 9.17) is 15.2 Å². The lowest BCUT2D eigenvalue weighted by Crippen LogP contribution is -2.44. The molecule has 2 amide bonds. The third-order valence-electron chi connectivity index (χ3n) is 3.75. The molecule has 0 radical (unpaired) electrons. The van der Waals surface area contributed by atoms with Crippen LogP contribution in [0.5, 0.6) is 5.88 Å². The molecule has 0 bridgehead atoms. The number of pyridine rings is 1. The predicted octanol–water partition coefficient (Wildman–Crippen LogP) is 3.03. The van der Waals surface area contributed by atoms with Gasteiger partial charge in [0.2, 0.25) is 5.88 Å². The highest BCUT2D eigenvalue weighted by Gasteiger charge is 2.28. The van der Waals surface area contributed by atoms with Crippen LogP contribution in [-0.2, 0) is 4.74 Å². The zero-order valence-corrected chi connectivity index (χ0v) is 16.6. The van der Waals surface area contributed by atoms with Gasteiger partial charge in [-0.15, -0.1) is 0 Å². The second kappa shape index (κ2) is 7.59. The molecule has 0 aliphatic carbocycles. The number of halogens is 1. The minimum atomic E-state index is -0.589. The molecule has 0 aromatic carbocycles. The van der Waals surface area contributed by atoms with Gasteiger partial charge in [0.05, 0.1) is 5.69 Å². The molecule has 1 saturated heterocycles. The highest BCUT2D eigenvalue weighted by Crippen LogP contribution is 2.26. The van der Waals surface area contributed by atoms with E-state index in [9.17, 15) is 9.59 Å². The second-order valence-electron chi connectivity index (χ2n) is 7.06. The van der Waals surface area contributed by atoms with Crippen molar-refractivity contribution in [1.82, 2.24) is 9.88 Å². The van der Waals surface area contributed by atoms with Crippen molar-refractivity contribution < 1.29 is 19.1 Å². The molecule has 1 fully saturated rings. The van der Waals surface area contributed by atoms with Gasteiger partial charge in [-0.25, -0.2) is 9.78 Å². The van der Waals surface area contributed by atoms with Crippen LogP contribution < -0.4 is 10.5 Å². The number of nitrogens with zero attached hydrogens (tertiary/aromatic N) is 2. The molecular formula is C17H24BrN3O4. The van der Waals surface area contributed by atoms with Gasteiger partial charge >= 0.3 is 6.09 Å². The Morgan fingerprint density at radius 2 is 1.92 bits per heavy atom. The van der Waals surface area contributed by atoms with Gasteiger partial charge in [-0.3, -0.25) is 4.79 Å². The number of carbonyl (C=O) groups is 2. The Bertz CT molecular complexity index is 665. The molecule has 0 saturated carbocycles. The summed E-state index contributed by atoms with van der Waals surface area (Å²) in [4.78, 5) is 29.7. The molecule has 2 N–H and O–H groups in total. The molecule has 0 spiro atoms. The standard InChI is InChI=1S/C17H24BrN3O4/c1-10-13(18)9-12(14(19)22)15(20-10)24-11-5-7-21(8-6-11)16(23)25-17(2,3)4/h9,11H,5-8H2,1-4H3,(H2,19,22). The maximum Gasteiger partial charge on any atom is 0.410 e. The van der Waals surface area contributed by atoms with Crippen molar-refractivity contribution in [3.8, 4) is 5.88 Å². The van der Waals surface area contributed by atoms with Crippen LogP contribution in [0.25, 0.3) is 0 Å². The molecule has 0 unspecified atom stereocenters. The molecule has 0 atom stereocenters. The topological polar surface area (TPSA) is 94.8 Å². The number of likely N-dealkylation sites (tertiary alicyclic amines) is 1. The quantitative estimate of drug-likeness (QED) is 0.821. The van der Waals surface area contributed by atoms with Crippen LogP contribution in [-0.4, -0.2) is 46.7 Å². The Labute approximate surface area is 156 Å². The summed E-state index contributed by atoms with van der Waals surface area (Å²) in [7, 11) is 0. The molecule has 8 heteroatoms. The van der Waals surface area contributed by atoms with Crippen LogP contribution in [0.4, 0.5) is 4.79 Å². The lowest BCUT2D eigenvalue weighted by molar-refractivity contribution is 0.0122. The summed E-state index contributed by atoms with van der Waals surface area (Å²) in [5.41, 5.74) is 5.85. The summed E-state index contributed by atoms with van der Waals surface area (Å²) in [6.07, 6.45) is 0.814. The van der Waals surface area contributed by atoms with Crippen molar-refractivity contribution in [1.29, 1.82) is 0 Å². The summed E-state index contributed by atoms with van der Waals surface area (Å²) in [5.74, 6) is -0.349. The predicted molar refractivity (Wildman–Crippen MR) is 96.6 cm³/mol. The largest absolute Gasteiger partial charge is 0.474 e. The van der Waals surface area contributed by atoms with Crippen molar-refractivity contribution in [3.05, 3.63) is 21.8 Å². The van der Waals surface area contributed by atoms with E-state index < -0.39 is 11.5 Å². The number of amides is 2. The van der Waals surface area contributed by atoms with Crippen molar-refractivity contribution in [2.24, 2.45) is 5.73 Å². The number of carbonyl (C=O) groups excluding carboxylic acids is 2. The molecule has 2 rings (SSSR count). The highest BCUT2D eigenvalue weighted by atomic mass is 79.9. The van der Waals surface area contributed by atoms with Gasteiger partial charge in [0, 0.05) is 30.4 Å². The monoisotopic (exact) mass is 413 g/mol. The fourth-order valence-electron chi connectivity index (χ4n) is 2.47. The summed E-state index contributed by atoms with van der Waals surface area (Å²) in [6.45, 7) is 8.39. The lowest BCUT2D eigenvalue weighted by Gasteiger charge is -2.33. The maximum absolute atomic E-state index is 12.1. The van der Waals surface area contributed by atoms with E-state index in [1.807, 2.05) is 27.7 Å². The van der Waals surface area contributed by atoms with Crippen molar-refractivity contribution in [2.75, 3.05) is 13.1 Å². The highest BCUT2D eigenvalue weighted by molar-refractivity contribution is 9.10. The fourth-order valence-corrected chi connectivity index (χ4v) is 2.78. The first-order valence-corrected chi connectivity index (χ1v) is 8.97. The molecular weight excluding hydrogens is 390 g/mol. The summed E-state index contributed by atoms with van der Waals surface area (Å²) < 4.78 is 12.0. The molecule has 1 aliphatic rings. The molecule has 7 nitrogen and oxygen atoms in total. The first-order chi connectivity index (χ1) is 11.6. The zero-order valence-electron chi connectivity index (χ0n) is 15.0. The van der Waals surface area contributed by atoms with E-state index in [0.29, 0.717) is 36.1 Å². The molecule has 2 heterocycles. The normalized spacial score (nSPS) is 15.8. The van der Waals surface area contributed by atoms with E-state index >= 15 is 0 Å². The maximum atomic E-state index is 12.1. The van der Waals surface area contributed by atoms with E-state index in [1.165, 1.54) is 0 Å². The van der Waals surface area contributed by atoms with Gasteiger partial charge in [-0.05, 0) is 49.7 Å². The lowest BCUT2D eigenvalue weighted by atomic mass is 10.1. The minimum absolute atomic E-state index is 0.134. The van der Waals surface area contributed by atoms with Gasteiger partial charge in [0.25, 0.3) is 5.91 Å². The minimum Gasteiger partial charge on any atom is -0.474 e. The first-order valence-electron chi connectivity index (χ1n) is 8.18. The number of piperidine rings is 1. The van der Waals surface area contributed by atoms with E-state index in [2.05, 4.69) is 20.9 Å². The van der Waals surface area contributed by atoms with Crippen molar-refractivity contribution >= 4 is 27.9 Å². The zero-order chi connectivity index (χ0) is 18.8. The average Bonchev–Trinajstić information content (AvgIpc) is 2.49. The van der Waals surface area contributed by atoms with Gasteiger partial charge in [0.1, 0.15) is 17.3 Å². The third kappa shape index (κ3) is 5.32. The SMILES string of the molecule is Cc1nc(OC2CCN(C(=O)OC(C)(C)C)CC2)c(C(N)=O)cc1Br. The van der Waals surface area contributed by atoms with E-state index in [1.54, 1.807) is 11.0 Å². The van der Waals surface area contributed by atoms with Gasteiger partial charge in [0.15, 0.2) is 0 Å². The van der Waals surface area contributed by atoms with Crippen LogP contribution in [0.3, 0.4) is 0 Å². The Hall–Kier alpha value is -1.83. The third-order valence-corrected chi connectivity index (χ3v) is 4.56. The number of ether oxygens (including phenoxy) is 2. The number of rotatable bonds is 3. The number of primary amides is 1. The smallest absolute Gasteiger partial charge is 0.410 e. The van der Waals surface area contributed by atoms with Crippen molar-refractivity contribution in [2.45, 2.75) is 52.2 Å². The summed E-state index contributed by atoms with van der Waals surface area (Å²) in [6, 6.07) is 1.62. The number of nitrogens with two attached hydrogens (primary N) is 1. The number of hydrogen-bond acceptors (Lipinski definition) is 5. The Morgan fingerprint density at radius 1 is 1.32 bits per heavy atom. The Morgan fingerprint density at radius 3 is 2.44 bits per heavy atom. The van der Waals surface area contributed by atoms with Crippen molar-refractivity contribution in [3.63, 3.8) is 0 Å². The number of aromatic nitrogens is 1. The molecule has 25 heavy (non-hydrogen) atoms. The second-order valence-corrected chi connectivity index (χ2v) is 7.91. The molecule has 1 aliphatic heterocycles. The van der Waals surface area contributed by atoms with Gasteiger partial charge < -0.3 is 20.1 Å². The molecule has 138 valence electrons. The van der Waals surface area contributed by atoms with Crippen LogP contribution in [0.1, 0.15) is 49.7 Å². The summed E-state index contributed by atoms with van der Waals surface area (Å²) in [5, 5.41) is 0. The van der Waals surface area contributed by atoms with Gasteiger partial charge in [-0.1, -0.05) is 0 Å². The van der Waals surface area contributed by atoms with E-state index in [0.717, 1.165) is 0 Å². The first kappa shape index (κ1) is 19.5. The molecule has 1 aromatic rings. The average molecular weight is 414 g/mol. The van der Waals surface area contributed by atoms with Gasteiger partial charge in [-0.2, -0.15) is 0 Å². The molecule has 1 aromatic heterocycles. The number of hydrogen-bond donors (Lipinski definition) is 1. The van der Waals surface area contributed by atoms with E-state index in [-0.39, 0.29) is 23.6 Å². The van der Waals surface area contributed by atoms with Crippen LogP contribution in [0, 0.1) is 6.92 Å². The number of aryl methyl sites for hydroxylation is 1. The Balaban J connectivity index is 2.00. The Kier molecular flexibility index (Phi) is 5.92. The van der Waals surface area contributed by atoms with Crippen LogP contribution >= 0.6 is 15.9 Å².